The molecule has 2 aromatic rings. The Morgan fingerprint density at radius 3 is 1.67 bits per heavy atom. The minimum absolute atomic E-state index is 0.0645. The van der Waals surface area contributed by atoms with Crippen LogP contribution in [-0.2, 0) is 20.8 Å². The van der Waals surface area contributed by atoms with Crippen LogP contribution in [0.4, 0.5) is 27.6 Å². The fourth-order valence-electron chi connectivity index (χ4n) is 4.56. The van der Waals surface area contributed by atoms with Crippen LogP contribution < -0.4 is 0 Å². The van der Waals surface area contributed by atoms with Crippen LogP contribution in [0.5, 0.6) is 5.75 Å². The minimum atomic E-state index is -2.23. The molecule has 0 spiro atoms. The molecule has 1 aliphatic carbocycles. The van der Waals surface area contributed by atoms with Crippen molar-refractivity contribution in [2.45, 2.75) is 83.5 Å². The molecule has 0 heterocycles. The van der Waals surface area contributed by atoms with Crippen LogP contribution in [0.25, 0.3) is 0 Å². The number of phenols is 1. The van der Waals surface area contributed by atoms with Gasteiger partial charge in [-0.2, -0.15) is 0 Å². The Morgan fingerprint density at radius 2 is 1.19 bits per heavy atom. The van der Waals surface area contributed by atoms with Gasteiger partial charge in [-0.25, -0.2) is 26.9 Å². The molecule has 0 saturated heterocycles. The van der Waals surface area contributed by atoms with Crippen molar-refractivity contribution in [3.8, 4) is 5.75 Å². The van der Waals surface area contributed by atoms with Crippen molar-refractivity contribution in [1.82, 2.24) is 0 Å². The molecule has 0 aromatic heterocycles. The number of phenolic OH excluding ortho intramolecular Hbond substituents is 1. The average molecular weight is 630 g/mol. The first-order chi connectivity index (χ1) is 17.2. The van der Waals surface area contributed by atoms with Gasteiger partial charge in [-0.15, -0.1) is 0 Å². The molecule has 36 heavy (non-hydrogen) atoms. The standard InChI is InChI=1S/C26H30F5NO.2ClH.Zr/c1-16-13-18(15-32-25-23(30)21(28)20(27)22(29)24(25)31)26(33)19(14-16)17-11-9-7-5-3-2-4-6-8-10-12-17;;;/h13-15,17,33H,2-12H2,1H3;2*1H;/q;;;+2/p-2. The molecule has 0 aliphatic heterocycles. The summed E-state index contributed by atoms with van der Waals surface area (Å²) in [6, 6.07) is 3.48. The van der Waals surface area contributed by atoms with Crippen molar-refractivity contribution in [2.24, 2.45) is 4.99 Å². The summed E-state index contributed by atoms with van der Waals surface area (Å²) in [5.41, 5.74) is 0.457. The van der Waals surface area contributed by atoms with Gasteiger partial charge in [0.15, 0.2) is 23.3 Å². The number of hydrogen-bond acceptors (Lipinski definition) is 2. The summed E-state index contributed by atoms with van der Waals surface area (Å²) in [6.45, 7) is 1.83. The number of aromatic hydroxyl groups is 1. The van der Waals surface area contributed by atoms with Gasteiger partial charge < -0.3 is 5.11 Å². The molecule has 1 saturated carbocycles. The summed E-state index contributed by atoms with van der Waals surface area (Å²) in [5.74, 6) is -10.3. The third-order valence-electron chi connectivity index (χ3n) is 6.38. The topological polar surface area (TPSA) is 32.6 Å². The molecule has 1 fully saturated rings. The molecule has 0 unspecified atom stereocenters. The summed E-state index contributed by atoms with van der Waals surface area (Å²) in [5, 5.41) is 10.9. The molecule has 2 aromatic carbocycles. The van der Waals surface area contributed by atoms with Crippen LogP contribution in [0.1, 0.15) is 93.2 Å². The fourth-order valence-corrected chi connectivity index (χ4v) is 4.56. The number of hydrogen-bond donors (Lipinski definition) is 1. The van der Waals surface area contributed by atoms with Crippen molar-refractivity contribution in [1.29, 1.82) is 0 Å². The molecule has 0 amide bonds. The number of benzene rings is 2. The summed E-state index contributed by atoms with van der Waals surface area (Å²) < 4.78 is 68.2. The molecule has 198 valence electrons. The molecule has 1 N–H and O–H groups in total. The summed E-state index contributed by atoms with van der Waals surface area (Å²) in [7, 11) is 9.87. The van der Waals surface area contributed by atoms with Crippen LogP contribution in [0, 0.1) is 36.0 Å². The van der Waals surface area contributed by atoms with Crippen LogP contribution in [0.15, 0.2) is 17.1 Å². The van der Waals surface area contributed by atoms with Gasteiger partial charge >= 0.3 is 37.9 Å². The summed E-state index contributed by atoms with van der Waals surface area (Å²) in [6.07, 6.45) is 13.4. The first-order valence-electron chi connectivity index (χ1n) is 12.1. The molecule has 3 rings (SSSR count). The van der Waals surface area contributed by atoms with Gasteiger partial charge in [-0.3, -0.25) is 0 Å². The van der Waals surface area contributed by atoms with E-state index in [1.54, 1.807) is 6.07 Å². The molecular weight excluding hydrogens is 599 g/mol. The van der Waals surface area contributed by atoms with E-state index < -0.39 is 55.6 Å². The SMILES string of the molecule is Cc1cc(C=Nc2c(F)c(F)c(F)c(F)c2F)c(O)c(C2CCCCCCCCCCC2)c1.[Cl][Zr][Cl]. The Hall–Kier alpha value is -0.977. The van der Waals surface area contributed by atoms with E-state index in [1.807, 2.05) is 13.0 Å². The maximum absolute atomic E-state index is 14.0. The zero-order valence-electron chi connectivity index (χ0n) is 20.1. The third-order valence-corrected chi connectivity index (χ3v) is 6.38. The normalized spacial score (nSPS) is 16.1. The zero-order valence-corrected chi connectivity index (χ0v) is 24.1. The monoisotopic (exact) mass is 627 g/mol. The first-order valence-corrected chi connectivity index (χ1v) is 18.4. The Bertz CT molecular complexity index is 997. The van der Waals surface area contributed by atoms with Crippen molar-refractivity contribution in [3.63, 3.8) is 0 Å². The summed E-state index contributed by atoms with van der Waals surface area (Å²) in [4.78, 5) is 3.53. The Labute approximate surface area is 228 Å². The van der Waals surface area contributed by atoms with Gasteiger partial charge in [0.2, 0.25) is 5.82 Å². The van der Waals surface area contributed by atoms with Gasteiger partial charge in [-0.1, -0.05) is 63.9 Å². The van der Waals surface area contributed by atoms with E-state index in [2.05, 4.69) is 4.99 Å². The molecule has 0 radical (unpaired) electrons. The first kappa shape index (κ1) is 31.2. The van der Waals surface area contributed by atoms with E-state index >= 15 is 0 Å². The predicted octanol–water partition coefficient (Wildman–Crippen LogP) is 9.91. The number of nitrogens with zero attached hydrogens (tertiary/aromatic N) is 1. The molecule has 10 heteroatoms. The van der Waals surface area contributed by atoms with Crippen LogP contribution in [0.3, 0.4) is 0 Å². The van der Waals surface area contributed by atoms with Gasteiger partial charge in [0.25, 0.3) is 0 Å². The van der Waals surface area contributed by atoms with Gasteiger partial charge in [0.05, 0.1) is 0 Å². The number of aryl methyl sites for hydroxylation is 1. The Kier molecular flexibility index (Phi) is 14.0. The molecule has 0 bridgehead atoms. The molecule has 0 atom stereocenters. The van der Waals surface area contributed by atoms with Crippen LogP contribution in [-0.4, -0.2) is 11.3 Å². The maximum atomic E-state index is 14.0. The van der Waals surface area contributed by atoms with Gasteiger partial charge in [-0.05, 0) is 42.9 Å². The predicted molar refractivity (Wildman–Crippen MR) is 132 cm³/mol. The quantitative estimate of drug-likeness (QED) is 0.156. The fraction of sp³-hybridized carbons (Fsp3) is 0.500. The molecule has 2 nitrogen and oxygen atoms in total. The molecule has 1 aliphatic rings. The number of halogens is 7. The Balaban J connectivity index is 0.00000145. The van der Waals surface area contributed by atoms with Crippen LogP contribution in [0.2, 0.25) is 0 Å². The zero-order chi connectivity index (χ0) is 26.7. The van der Waals surface area contributed by atoms with E-state index in [1.165, 1.54) is 32.1 Å². The summed E-state index contributed by atoms with van der Waals surface area (Å²) >= 11 is -0.826. The van der Waals surface area contributed by atoms with Crippen molar-refractivity contribution in [2.75, 3.05) is 0 Å². The van der Waals surface area contributed by atoms with E-state index in [0.717, 1.165) is 55.9 Å². The van der Waals surface area contributed by atoms with Gasteiger partial charge in [0.1, 0.15) is 11.4 Å². The van der Waals surface area contributed by atoms with E-state index in [9.17, 15) is 27.1 Å². The molecular formula is C26H30Cl2F5NOZr. The van der Waals surface area contributed by atoms with Crippen molar-refractivity contribution < 1.29 is 47.9 Å². The third kappa shape index (κ3) is 8.80. The van der Waals surface area contributed by atoms with Crippen LogP contribution >= 0.6 is 17.0 Å². The Morgan fingerprint density at radius 1 is 0.778 bits per heavy atom. The van der Waals surface area contributed by atoms with E-state index in [0.29, 0.717) is 0 Å². The van der Waals surface area contributed by atoms with E-state index in [4.69, 9.17) is 17.0 Å². The van der Waals surface area contributed by atoms with Gasteiger partial charge in [0, 0.05) is 11.8 Å². The number of rotatable bonds is 3. The number of aliphatic imine (C=N–C) groups is 1. The van der Waals surface area contributed by atoms with E-state index in [-0.39, 0.29) is 17.2 Å². The second-order valence-electron chi connectivity index (χ2n) is 9.00. The average Bonchev–Trinajstić information content (AvgIpc) is 2.84. The van der Waals surface area contributed by atoms with Crippen molar-refractivity contribution in [3.05, 3.63) is 57.9 Å². The second kappa shape index (κ2) is 16.1. The second-order valence-corrected chi connectivity index (χ2v) is 12.7. The van der Waals surface area contributed by atoms with Crippen molar-refractivity contribution >= 4 is 28.9 Å².